The number of halogens is 7. The van der Waals surface area contributed by atoms with E-state index >= 15 is 0 Å². The predicted octanol–water partition coefficient (Wildman–Crippen LogP) is 3.26. The van der Waals surface area contributed by atoms with Crippen molar-refractivity contribution in [3.05, 3.63) is 69.8 Å². The van der Waals surface area contributed by atoms with Crippen LogP contribution < -0.4 is 10.4 Å². The van der Waals surface area contributed by atoms with Gasteiger partial charge >= 0.3 is 18.2 Å². The lowest BCUT2D eigenvalue weighted by atomic mass is 10.2. The summed E-state index contributed by atoms with van der Waals surface area (Å²) in [4.78, 5) is 21.0. The Bertz CT molecular complexity index is 1550. The standard InChI is InChI=1S/C22H18ClF6N7O4/c1-11(37)17-31-16(32-36(17)19-14(3-2-8-30-19)40-22(27,28)29)10-35-20(39)34(9-15(38)21(24,25)26)18(33-35)12-4-6-13(23)7-5-12/h2-8,11,15,37-38H,9-10H2,1H3/t11-,15-/m0/s1. The lowest BCUT2D eigenvalue weighted by Crippen LogP contribution is -2.37. The summed E-state index contributed by atoms with van der Waals surface area (Å²) in [6, 6.07) is 7.75. The molecule has 0 fully saturated rings. The van der Waals surface area contributed by atoms with Crippen LogP contribution in [0.3, 0.4) is 0 Å². The van der Waals surface area contributed by atoms with Crippen LogP contribution in [0.15, 0.2) is 47.4 Å². The summed E-state index contributed by atoms with van der Waals surface area (Å²) < 4.78 is 84.0. The average Bonchev–Trinajstić information content (AvgIpc) is 3.40. The van der Waals surface area contributed by atoms with Gasteiger partial charge in [0.2, 0.25) is 0 Å². The number of aliphatic hydroxyl groups excluding tert-OH is 2. The predicted molar refractivity (Wildman–Crippen MR) is 125 cm³/mol. The van der Waals surface area contributed by atoms with Crippen LogP contribution in [0.2, 0.25) is 5.02 Å². The van der Waals surface area contributed by atoms with Crippen LogP contribution in [-0.4, -0.2) is 63.0 Å². The molecule has 0 spiro atoms. The molecule has 3 heterocycles. The van der Waals surface area contributed by atoms with Crippen LogP contribution >= 0.6 is 11.6 Å². The maximum Gasteiger partial charge on any atom is 0.573 e. The van der Waals surface area contributed by atoms with Crippen molar-refractivity contribution < 1.29 is 41.3 Å². The molecule has 2 N–H and O–H groups in total. The molecule has 11 nitrogen and oxygen atoms in total. The summed E-state index contributed by atoms with van der Waals surface area (Å²) in [6.45, 7) is -0.522. The molecule has 3 aromatic heterocycles. The van der Waals surface area contributed by atoms with Crippen LogP contribution in [0.25, 0.3) is 17.2 Å². The molecule has 4 rings (SSSR count). The molecular formula is C22H18ClF6N7O4. The van der Waals surface area contributed by atoms with Crippen LogP contribution in [0.1, 0.15) is 24.7 Å². The van der Waals surface area contributed by atoms with Crippen molar-refractivity contribution in [2.75, 3.05) is 0 Å². The largest absolute Gasteiger partial charge is 0.573 e. The number of aliphatic hydroxyl groups is 2. The van der Waals surface area contributed by atoms with E-state index in [1.165, 1.54) is 37.3 Å². The van der Waals surface area contributed by atoms with E-state index in [9.17, 15) is 41.4 Å². The number of hydrogen-bond acceptors (Lipinski definition) is 8. The van der Waals surface area contributed by atoms with Gasteiger partial charge in [-0.2, -0.15) is 17.9 Å². The Labute approximate surface area is 224 Å². The highest BCUT2D eigenvalue weighted by molar-refractivity contribution is 6.30. The fourth-order valence-corrected chi connectivity index (χ4v) is 3.66. The first-order chi connectivity index (χ1) is 18.6. The summed E-state index contributed by atoms with van der Waals surface area (Å²) >= 11 is 5.87. The minimum absolute atomic E-state index is 0.195. The summed E-state index contributed by atoms with van der Waals surface area (Å²) in [6.07, 6.45) is -13.3. The quantitative estimate of drug-likeness (QED) is 0.298. The van der Waals surface area contributed by atoms with E-state index in [4.69, 9.17) is 11.6 Å². The van der Waals surface area contributed by atoms with Gasteiger partial charge in [0.1, 0.15) is 12.6 Å². The van der Waals surface area contributed by atoms with E-state index in [0.717, 1.165) is 16.9 Å². The Morgan fingerprint density at radius 3 is 2.33 bits per heavy atom. The molecule has 4 aromatic rings. The molecule has 40 heavy (non-hydrogen) atoms. The zero-order valence-electron chi connectivity index (χ0n) is 20.1. The number of hydrogen-bond donors (Lipinski definition) is 2. The number of benzene rings is 1. The van der Waals surface area contributed by atoms with Crippen LogP contribution in [0, 0.1) is 0 Å². The molecule has 0 amide bonds. The number of ether oxygens (including phenoxy) is 1. The van der Waals surface area contributed by atoms with Gasteiger partial charge in [-0.3, -0.25) is 4.57 Å². The number of pyridine rings is 1. The van der Waals surface area contributed by atoms with Gasteiger partial charge in [0.25, 0.3) is 0 Å². The van der Waals surface area contributed by atoms with Gasteiger partial charge in [0, 0.05) is 16.8 Å². The van der Waals surface area contributed by atoms with E-state index < -0.39 is 55.1 Å². The second kappa shape index (κ2) is 10.9. The van der Waals surface area contributed by atoms with Gasteiger partial charge < -0.3 is 14.9 Å². The summed E-state index contributed by atoms with van der Waals surface area (Å²) in [5.74, 6) is -2.03. The van der Waals surface area contributed by atoms with Crippen molar-refractivity contribution in [3.63, 3.8) is 0 Å². The van der Waals surface area contributed by atoms with Crippen molar-refractivity contribution in [2.45, 2.75) is 44.8 Å². The molecule has 0 aliphatic heterocycles. The van der Waals surface area contributed by atoms with Gasteiger partial charge in [0.05, 0.1) is 6.54 Å². The van der Waals surface area contributed by atoms with Crippen LogP contribution in [0.5, 0.6) is 5.75 Å². The third-order valence-corrected chi connectivity index (χ3v) is 5.53. The van der Waals surface area contributed by atoms with E-state index in [1.54, 1.807) is 0 Å². The highest BCUT2D eigenvalue weighted by atomic mass is 35.5. The summed E-state index contributed by atoms with van der Waals surface area (Å²) in [5, 5.41) is 28.2. The Hall–Kier alpha value is -3.96. The summed E-state index contributed by atoms with van der Waals surface area (Å²) in [5.41, 5.74) is -0.887. The lowest BCUT2D eigenvalue weighted by Gasteiger charge is -2.15. The number of nitrogens with zero attached hydrogens (tertiary/aromatic N) is 7. The number of rotatable bonds is 8. The first kappa shape index (κ1) is 29.0. The molecule has 0 aliphatic carbocycles. The van der Waals surface area contributed by atoms with Crippen molar-refractivity contribution >= 4 is 11.6 Å². The van der Waals surface area contributed by atoms with Crippen LogP contribution in [0.4, 0.5) is 26.3 Å². The van der Waals surface area contributed by atoms with Gasteiger partial charge in [-0.15, -0.1) is 23.4 Å². The van der Waals surface area contributed by atoms with Gasteiger partial charge in [0.15, 0.2) is 35.1 Å². The Balaban J connectivity index is 1.78. The smallest absolute Gasteiger partial charge is 0.402 e. The topological polar surface area (TPSA) is 133 Å². The third-order valence-electron chi connectivity index (χ3n) is 5.28. The second-order valence-electron chi connectivity index (χ2n) is 8.29. The Morgan fingerprint density at radius 2 is 1.73 bits per heavy atom. The normalized spacial score (nSPS) is 13.8. The van der Waals surface area contributed by atoms with Gasteiger partial charge in [-0.05, 0) is 43.3 Å². The minimum atomic E-state index is -5.08. The molecule has 0 saturated carbocycles. The molecule has 0 unspecified atom stereocenters. The third kappa shape index (κ3) is 6.43. The maximum atomic E-state index is 13.1. The minimum Gasteiger partial charge on any atom is -0.402 e. The Kier molecular flexibility index (Phi) is 7.91. The SMILES string of the molecule is C[C@H](O)c1nc(Cn2nc(-c3ccc(Cl)cc3)n(C[C@H](O)C(F)(F)F)c2=O)nn1-c1ncccc1OC(F)(F)F. The van der Waals surface area contributed by atoms with E-state index in [-0.39, 0.29) is 23.0 Å². The van der Waals surface area contributed by atoms with Gasteiger partial charge in [-0.1, -0.05) is 11.6 Å². The second-order valence-corrected chi connectivity index (χ2v) is 8.72. The lowest BCUT2D eigenvalue weighted by molar-refractivity contribution is -0.274. The molecule has 0 aliphatic rings. The monoisotopic (exact) mass is 593 g/mol. The first-order valence-corrected chi connectivity index (χ1v) is 11.5. The molecule has 2 atom stereocenters. The molecule has 214 valence electrons. The van der Waals surface area contributed by atoms with Crippen molar-refractivity contribution in [1.29, 1.82) is 0 Å². The van der Waals surface area contributed by atoms with E-state index in [1.807, 2.05) is 0 Å². The molecule has 0 radical (unpaired) electrons. The fraction of sp³-hybridized carbons (Fsp3) is 0.318. The van der Waals surface area contributed by atoms with Crippen molar-refractivity contribution in [1.82, 2.24) is 34.1 Å². The fourth-order valence-electron chi connectivity index (χ4n) is 3.54. The zero-order valence-corrected chi connectivity index (χ0v) is 20.9. The van der Waals surface area contributed by atoms with Crippen molar-refractivity contribution in [2.24, 2.45) is 0 Å². The van der Waals surface area contributed by atoms with E-state index in [2.05, 4.69) is 24.9 Å². The van der Waals surface area contributed by atoms with Crippen LogP contribution in [-0.2, 0) is 13.1 Å². The summed E-state index contributed by atoms with van der Waals surface area (Å²) in [7, 11) is 0. The molecule has 1 aromatic carbocycles. The highest BCUT2D eigenvalue weighted by Crippen LogP contribution is 2.29. The average molecular weight is 594 g/mol. The molecule has 0 saturated heterocycles. The highest BCUT2D eigenvalue weighted by Gasteiger charge is 2.39. The first-order valence-electron chi connectivity index (χ1n) is 11.2. The number of alkyl halides is 6. The molecule has 18 heteroatoms. The maximum absolute atomic E-state index is 13.1. The van der Waals surface area contributed by atoms with E-state index in [0.29, 0.717) is 14.3 Å². The number of aromatic nitrogens is 7. The van der Waals surface area contributed by atoms with Crippen molar-refractivity contribution in [3.8, 4) is 23.0 Å². The Morgan fingerprint density at radius 1 is 1.05 bits per heavy atom. The molecule has 0 bridgehead atoms. The van der Waals surface area contributed by atoms with Gasteiger partial charge in [-0.25, -0.2) is 19.4 Å². The zero-order chi connectivity index (χ0) is 29.4. The molecular weight excluding hydrogens is 576 g/mol.